The Morgan fingerprint density at radius 2 is 1.86 bits per heavy atom. The second kappa shape index (κ2) is 8.24. The molecule has 7 nitrogen and oxygen atoms in total. The number of rotatable bonds is 6. The topological polar surface area (TPSA) is 86.8 Å². The van der Waals surface area contributed by atoms with Crippen molar-refractivity contribution >= 4 is 38.9 Å². The maximum absolute atomic E-state index is 12.8. The summed E-state index contributed by atoms with van der Waals surface area (Å²) < 4.78 is 25.9. The van der Waals surface area contributed by atoms with Crippen LogP contribution in [0.1, 0.15) is 25.3 Å². The number of benzene rings is 2. The molecule has 1 saturated heterocycles. The fourth-order valence-corrected chi connectivity index (χ4v) is 4.63. The second-order valence-electron chi connectivity index (χ2n) is 7.26. The second-order valence-corrected chi connectivity index (χ2v) is 9.12. The van der Waals surface area contributed by atoms with E-state index >= 15 is 0 Å². The number of carbonyl (C=O) groups is 2. The molecule has 29 heavy (non-hydrogen) atoms. The lowest BCUT2D eigenvalue weighted by Crippen LogP contribution is -2.45. The molecule has 2 aromatic carbocycles. The van der Waals surface area contributed by atoms with E-state index in [1.165, 1.54) is 0 Å². The van der Waals surface area contributed by atoms with Gasteiger partial charge in [0.2, 0.25) is 21.8 Å². The average molecular weight is 416 g/mol. The van der Waals surface area contributed by atoms with Crippen molar-refractivity contribution in [3.63, 3.8) is 0 Å². The molecule has 0 saturated carbocycles. The smallest absolute Gasteiger partial charge is 0.247 e. The molecule has 2 aromatic rings. The Kier molecular flexibility index (Phi) is 5.93. The van der Waals surface area contributed by atoms with Crippen LogP contribution < -0.4 is 14.5 Å². The Balaban J connectivity index is 1.77. The zero-order valence-corrected chi connectivity index (χ0v) is 17.6. The maximum Gasteiger partial charge on any atom is 0.247 e. The summed E-state index contributed by atoms with van der Waals surface area (Å²) in [5.74, 6) is -0.348. The minimum absolute atomic E-state index is 0.0948. The van der Waals surface area contributed by atoms with Gasteiger partial charge in [-0.05, 0) is 62.2 Å². The minimum Gasteiger partial charge on any atom is -0.324 e. The molecule has 154 valence electrons. The van der Waals surface area contributed by atoms with E-state index in [0.717, 1.165) is 28.2 Å². The molecule has 0 radical (unpaired) electrons. The number of carbonyl (C=O) groups excluding carboxylic acids is 2. The molecule has 1 aliphatic rings. The number of sulfonamides is 1. The number of hydrogen-bond donors (Lipinski definition) is 1. The average Bonchev–Trinajstić information content (AvgIpc) is 3.07. The predicted molar refractivity (Wildman–Crippen MR) is 115 cm³/mol. The van der Waals surface area contributed by atoms with Crippen LogP contribution in [0, 0.1) is 6.92 Å². The largest absolute Gasteiger partial charge is 0.324 e. The van der Waals surface area contributed by atoms with Crippen LogP contribution in [-0.4, -0.2) is 39.1 Å². The van der Waals surface area contributed by atoms with Crippen LogP contribution in [0.2, 0.25) is 0 Å². The highest BCUT2D eigenvalue weighted by molar-refractivity contribution is 7.92. The van der Waals surface area contributed by atoms with E-state index in [2.05, 4.69) is 5.32 Å². The van der Waals surface area contributed by atoms with Gasteiger partial charge in [0.25, 0.3) is 0 Å². The molecule has 8 heteroatoms. The number of anilines is 3. The monoisotopic (exact) mass is 415 g/mol. The standard InChI is InChI=1S/C21H25N3O4S/c1-15-6-4-7-19(14-15)24(29(3,27)28)16(2)21(26)22-17-9-11-18(12-10-17)23-13-5-8-20(23)25/h4,6-7,9-12,14,16H,5,8,13H2,1-3H3,(H,22,26). The molecule has 2 amide bonds. The molecule has 1 aliphatic heterocycles. The molecule has 0 aromatic heterocycles. The van der Waals surface area contributed by atoms with Crippen LogP contribution in [0.25, 0.3) is 0 Å². The van der Waals surface area contributed by atoms with Crippen molar-refractivity contribution in [1.82, 2.24) is 0 Å². The molecule has 1 fully saturated rings. The summed E-state index contributed by atoms with van der Waals surface area (Å²) in [5, 5.41) is 2.76. The highest BCUT2D eigenvalue weighted by atomic mass is 32.2. The van der Waals surface area contributed by atoms with Gasteiger partial charge in [0.15, 0.2) is 0 Å². The summed E-state index contributed by atoms with van der Waals surface area (Å²) >= 11 is 0. The van der Waals surface area contributed by atoms with E-state index in [-0.39, 0.29) is 5.91 Å². The first-order chi connectivity index (χ1) is 13.7. The van der Waals surface area contributed by atoms with Crippen molar-refractivity contribution < 1.29 is 18.0 Å². The fourth-order valence-electron chi connectivity index (χ4n) is 3.47. The zero-order chi connectivity index (χ0) is 21.2. The van der Waals surface area contributed by atoms with Crippen LogP contribution >= 0.6 is 0 Å². The van der Waals surface area contributed by atoms with Gasteiger partial charge in [-0.25, -0.2) is 8.42 Å². The quantitative estimate of drug-likeness (QED) is 0.786. The molecule has 0 bridgehead atoms. The van der Waals surface area contributed by atoms with Crippen LogP contribution in [0.15, 0.2) is 48.5 Å². The predicted octanol–water partition coefficient (Wildman–Crippen LogP) is 2.92. The van der Waals surface area contributed by atoms with Crippen LogP contribution in [0.4, 0.5) is 17.1 Å². The van der Waals surface area contributed by atoms with E-state index in [9.17, 15) is 18.0 Å². The zero-order valence-electron chi connectivity index (χ0n) is 16.8. The van der Waals surface area contributed by atoms with E-state index in [1.54, 1.807) is 54.3 Å². The SMILES string of the molecule is Cc1cccc(N(C(C)C(=O)Nc2ccc(N3CCCC3=O)cc2)S(C)(=O)=O)c1. The van der Waals surface area contributed by atoms with Gasteiger partial charge in [0, 0.05) is 24.3 Å². The summed E-state index contributed by atoms with van der Waals surface area (Å²) in [6.45, 7) is 4.11. The minimum atomic E-state index is -3.67. The lowest BCUT2D eigenvalue weighted by Gasteiger charge is -2.28. The molecule has 3 rings (SSSR count). The number of nitrogens with one attached hydrogen (secondary N) is 1. The summed E-state index contributed by atoms with van der Waals surface area (Å²) in [6, 6.07) is 13.1. The van der Waals surface area contributed by atoms with E-state index < -0.39 is 22.0 Å². The van der Waals surface area contributed by atoms with Gasteiger partial charge in [-0.1, -0.05) is 12.1 Å². The Morgan fingerprint density at radius 1 is 1.17 bits per heavy atom. The van der Waals surface area contributed by atoms with Crippen molar-refractivity contribution in [2.45, 2.75) is 32.7 Å². The van der Waals surface area contributed by atoms with Gasteiger partial charge in [-0.2, -0.15) is 0 Å². The Hall–Kier alpha value is -2.87. The first kappa shape index (κ1) is 20.9. The number of aryl methyl sites for hydroxylation is 1. The van der Waals surface area contributed by atoms with Crippen LogP contribution in [0.5, 0.6) is 0 Å². The van der Waals surface area contributed by atoms with Crippen molar-refractivity contribution in [2.75, 3.05) is 27.3 Å². The highest BCUT2D eigenvalue weighted by Gasteiger charge is 2.29. The number of hydrogen-bond acceptors (Lipinski definition) is 4. The van der Waals surface area contributed by atoms with Gasteiger partial charge in [-0.3, -0.25) is 13.9 Å². The normalized spacial score (nSPS) is 15.3. The number of amides is 2. The van der Waals surface area contributed by atoms with Gasteiger partial charge >= 0.3 is 0 Å². The highest BCUT2D eigenvalue weighted by Crippen LogP contribution is 2.25. The summed E-state index contributed by atoms with van der Waals surface area (Å²) in [5.41, 5.74) is 2.67. The molecular weight excluding hydrogens is 390 g/mol. The third-order valence-electron chi connectivity index (χ3n) is 4.86. The molecule has 1 heterocycles. The van der Waals surface area contributed by atoms with E-state index in [1.807, 2.05) is 13.0 Å². The molecule has 1 N–H and O–H groups in total. The Morgan fingerprint density at radius 3 is 2.41 bits per heavy atom. The van der Waals surface area contributed by atoms with Crippen molar-refractivity contribution in [1.29, 1.82) is 0 Å². The molecular formula is C21H25N3O4S. The van der Waals surface area contributed by atoms with Crippen LogP contribution in [-0.2, 0) is 19.6 Å². The molecule has 1 unspecified atom stereocenters. The van der Waals surface area contributed by atoms with Gasteiger partial charge < -0.3 is 10.2 Å². The summed E-state index contributed by atoms with van der Waals surface area (Å²) in [4.78, 5) is 26.3. The number of nitrogens with zero attached hydrogens (tertiary/aromatic N) is 2. The van der Waals surface area contributed by atoms with E-state index in [4.69, 9.17) is 0 Å². The van der Waals surface area contributed by atoms with Gasteiger partial charge in [0.05, 0.1) is 11.9 Å². The summed E-state index contributed by atoms with van der Waals surface area (Å²) in [6.07, 6.45) is 2.48. The van der Waals surface area contributed by atoms with Crippen LogP contribution in [0.3, 0.4) is 0 Å². The third kappa shape index (κ3) is 4.76. The van der Waals surface area contributed by atoms with Gasteiger partial charge in [0.1, 0.15) is 6.04 Å². The van der Waals surface area contributed by atoms with Gasteiger partial charge in [-0.15, -0.1) is 0 Å². The lowest BCUT2D eigenvalue weighted by atomic mass is 10.2. The summed E-state index contributed by atoms with van der Waals surface area (Å²) in [7, 11) is -3.67. The van der Waals surface area contributed by atoms with Crippen molar-refractivity contribution in [3.05, 3.63) is 54.1 Å². The van der Waals surface area contributed by atoms with Crippen molar-refractivity contribution in [3.8, 4) is 0 Å². The molecule has 1 atom stereocenters. The van der Waals surface area contributed by atoms with Crippen molar-refractivity contribution in [2.24, 2.45) is 0 Å². The first-order valence-electron chi connectivity index (χ1n) is 9.44. The first-order valence-corrected chi connectivity index (χ1v) is 11.3. The molecule has 0 aliphatic carbocycles. The lowest BCUT2D eigenvalue weighted by molar-refractivity contribution is -0.117. The third-order valence-corrected chi connectivity index (χ3v) is 6.11. The fraction of sp³-hybridized carbons (Fsp3) is 0.333. The molecule has 0 spiro atoms. The van der Waals surface area contributed by atoms with E-state index in [0.29, 0.717) is 24.3 Å². The maximum atomic E-state index is 12.8. The Bertz CT molecular complexity index is 1020. The Labute approximate surface area is 171 Å².